The summed E-state index contributed by atoms with van der Waals surface area (Å²) in [5.41, 5.74) is 0. The Hall–Kier alpha value is -1.50. The number of rotatable bonds is 6. The highest BCUT2D eigenvalue weighted by atomic mass is 28.4. The van der Waals surface area contributed by atoms with Crippen LogP contribution in [-0.2, 0) is 13.9 Å². The lowest BCUT2D eigenvalue weighted by molar-refractivity contribution is -0.139. The van der Waals surface area contributed by atoms with E-state index in [0.29, 0.717) is 6.42 Å². The molecule has 0 aliphatic carbocycles. The highest BCUT2D eigenvalue weighted by Gasteiger charge is 2.52. The molecule has 1 aliphatic heterocycles. The average Bonchev–Trinajstić information content (AvgIpc) is 3.07. The molecule has 1 heterocycles. The zero-order valence-corrected chi connectivity index (χ0v) is 18.5. The van der Waals surface area contributed by atoms with E-state index in [1.165, 1.54) is 10.4 Å². The lowest BCUT2D eigenvalue weighted by Gasteiger charge is -2.45. The van der Waals surface area contributed by atoms with E-state index < -0.39 is 20.5 Å². The van der Waals surface area contributed by atoms with Gasteiger partial charge in [-0.1, -0.05) is 81.4 Å². The average molecular weight is 401 g/mol. The van der Waals surface area contributed by atoms with Crippen molar-refractivity contribution >= 4 is 18.7 Å². The van der Waals surface area contributed by atoms with Crippen molar-refractivity contribution in [2.45, 2.75) is 63.8 Å². The molecule has 4 nitrogen and oxygen atoms in total. The van der Waals surface area contributed by atoms with Gasteiger partial charge < -0.3 is 19.0 Å². The molecule has 152 valence electrons. The van der Waals surface area contributed by atoms with Crippen LogP contribution in [0.15, 0.2) is 60.7 Å². The van der Waals surface area contributed by atoms with E-state index in [9.17, 15) is 5.11 Å². The third-order valence-corrected chi connectivity index (χ3v) is 10.8. The Bertz CT molecular complexity index is 705. The summed E-state index contributed by atoms with van der Waals surface area (Å²) in [6, 6.07) is 21.0. The Morgan fingerprint density at radius 2 is 1.50 bits per heavy atom. The van der Waals surface area contributed by atoms with Gasteiger partial charge in [0.1, 0.15) is 6.10 Å². The van der Waals surface area contributed by atoms with Gasteiger partial charge in [0, 0.05) is 13.5 Å². The molecule has 0 bridgehead atoms. The standard InChI is InChI=1S/C23H32O4Si/c1-17(22-20(24)16-21(25-5)26-22)27-28(23(2,3)4,18-12-8-6-9-13-18)19-14-10-7-11-15-19/h6-15,17,20-22,24H,16H2,1-5H3/t17-,20+,21-,22-/m1/s1. The van der Waals surface area contributed by atoms with Gasteiger partial charge in [-0.2, -0.15) is 0 Å². The lowest BCUT2D eigenvalue weighted by Crippen LogP contribution is -2.68. The van der Waals surface area contributed by atoms with Gasteiger partial charge in [-0.05, 0) is 22.3 Å². The van der Waals surface area contributed by atoms with E-state index >= 15 is 0 Å². The van der Waals surface area contributed by atoms with Crippen molar-refractivity contribution < 1.29 is 19.0 Å². The zero-order chi connectivity index (χ0) is 20.4. The van der Waals surface area contributed by atoms with E-state index in [1.807, 2.05) is 19.1 Å². The number of ether oxygens (including phenoxy) is 2. The summed E-state index contributed by atoms with van der Waals surface area (Å²) in [5.74, 6) is 0. The van der Waals surface area contributed by atoms with E-state index in [0.717, 1.165) is 0 Å². The van der Waals surface area contributed by atoms with Crippen molar-refractivity contribution in [1.82, 2.24) is 0 Å². The normalized spacial score (nSPS) is 24.3. The number of methoxy groups -OCH3 is 1. The molecule has 3 rings (SSSR count). The van der Waals surface area contributed by atoms with Gasteiger partial charge >= 0.3 is 0 Å². The van der Waals surface area contributed by atoms with Crippen LogP contribution in [0, 0.1) is 0 Å². The summed E-state index contributed by atoms with van der Waals surface area (Å²) >= 11 is 0. The van der Waals surface area contributed by atoms with Crippen molar-refractivity contribution in [2.75, 3.05) is 7.11 Å². The predicted octanol–water partition coefficient (Wildman–Crippen LogP) is 3.07. The molecule has 1 saturated heterocycles. The van der Waals surface area contributed by atoms with Gasteiger partial charge in [-0.15, -0.1) is 0 Å². The molecule has 1 fully saturated rings. The Balaban J connectivity index is 2.06. The first kappa shape index (κ1) is 21.2. The maximum absolute atomic E-state index is 10.5. The molecule has 0 aromatic heterocycles. The van der Waals surface area contributed by atoms with Gasteiger partial charge in [-0.3, -0.25) is 0 Å². The Morgan fingerprint density at radius 3 is 1.89 bits per heavy atom. The smallest absolute Gasteiger partial charge is 0.261 e. The molecule has 0 unspecified atom stereocenters. The molecule has 0 saturated carbocycles. The second-order valence-corrected chi connectivity index (χ2v) is 12.8. The fraction of sp³-hybridized carbons (Fsp3) is 0.478. The second-order valence-electron chi connectivity index (χ2n) is 8.56. The molecular weight excluding hydrogens is 368 g/mol. The Labute approximate surface area is 169 Å². The molecule has 0 radical (unpaired) electrons. The number of hydrogen-bond acceptors (Lipinski definition) is 4. The summed E-state index contributed by atoms with van der Waals surface area (Å²) < 4.78 is 18.3. The number of aliphatic hydroxyl groups is 1. The SMILES string of the molecule is CO[C@H]1C[C@H](O)[C@@H]([C@@H](C)O[Si](c2ccccc2)(c2ccccc2)C(C)(C)C)O1. The summed E-state index contributed by atoms with van der Waals surface area (Å²) in [7, 11) is -1.07. The van der Waals surface area contributed by atoms with Crippen molar-refractivity contribution in [3.8, 4) is 0 Å². The zero-order valence-electron chi connectivity index (χ0n) is 17.5. The third kappa shape index (κ3) is 3.95. The van der Waals surface area contributed by atoms with Crippen molar-refractivity contribution in [3.05, 3.63) is 60.7 Å². The van der Waals surface area contributed by atoms with Crippen LogP contribution in [-0.4, -0.2) is 45.1 Å². The largest absolute Gasteiger partial charge is 0.402 e. The first-order chi connectivity index (χ1) is 13.3. The van der Waals surface area contributed by atoms with Crippen LogP contribution in [0.4, 0.5) is 0 Å². The molecule has 1 N–H and O–H groups in total. The van der Waals surface area contributed by atoms with Crippen LogP contribution >= 0.6 is 0 Å². The van der Waals surface area contributed by atoms with E-state index in [2.05, 4.69) is 69.3 Å². The molecule has 5 heteroatoms. The minimum atomic E-state index is -2.67. The molecule has 2 aromatic rings. The predicted molar refractivity (Wildman–Crippen MR) is 114 cm³/mol. The van der Waals surface area contributed by atoms with Crippen LogP contribution < -0.4 is 10.4 Å². The van der Waals surface area contributed by atoms with Gasteiger partial charge in [0.15, 0.2) is 6.29 Å². The highest BCUT2D eigenvalue weighted by Crippen LogP contribution is 2.39. The minimum absolute atomic E-state index is 0.117. The van der Waals surface area contributed by atoms with Gasteiger partial charge in [0.25, 0.3) is 8.32 Å². The number of benzene rings is 2. The van der Waals surface area contributed by atoms with Crippen LogP contribution in [0.1, 0.15) is 34.1 Å². The number of hydrogen-bond donors (Lipinski definition) is 1. The third-order valence-electron chi connectivity index (χ3n) is 5.63. The van der Waals surface area contributed by atoms with Gasteiger partial charge in [0.05, 0.1) is 12.2 Å². The maximum atomic E-state index is 10.5. The summed E-state index contributed by atoms with van der Waals surface area (Å²) in [5, 5.41) is 12.9. The van der Waals surface area contributed by atoms with Crippen molar-refractivity contribution in [1.29, 1.82) is 0 Å². The van der Waals surface area contributed by atoms with Crippen LogP contribution in [0.5, 0.6) is 0 Å². The van der Waals surface area contributed by atoms with E-state index in [-0.39, 0.29) is 17.4 Å². The molecule has 0 spiro atoms. The molecule has 4 atom stereocenters. The molecule has 2 aromatic carbocycles. The fourth-order valence-corrected chi connectivity index (χ4v) is 8.97. The number of aliphatic hydroxyl groups excluding tert-OH is 1. The molecule has 28 heavy (non-hydrogen) atoms. The summed E-state index contributed by atoms with van der Waals surface area (Å²) in [6.07, 6.45) is -1.20. The monoisotopic (exact) mass is 400 g/mol. The first-order valence-corrected chi connectivity index (χ1v) is 11.9. The fourth-order valence-electron chi connectivity index (χ4n) is 4.27. The minimum Gasteiger partial charge on any atom is -0.402 e. The molecule has 0 amide bonds. The first-order valence-electron chi connectivity index (χ1n) is 9.95. The van der Waals surface area contributed by atoms with Crippen molar-refractivity contribution in [3.63, 3.8) is 0 Å². The Kier molecular flexibility index (Phi) is 6.42. The van der Waals surface area contributed by atoms with Crippen LogP contribution in [0.25, 0.3) is 0 Å². The van der Waals surface area contributed by atoms with E-state index in [4.69, 9.17) is 13.9 Å². The highest BCUT2D eigenvalue weighted by molar-refractivity contribution is 6.99. The van der Waals surface area contributed by atoms with Gasteiger partial charge in [-0.25, -0.2) is 0 Å². The quantitative estimate of drug-likeness (QED) is 0.757. The van der Waals surface area contributed by atoms with Gasteiger partial charge in [0.2, 0.25) is 0 Å². The summed E-state index contributed by atoms with van der Waals surface area (Å²) in [4.78, 5) is 0. The maximum Gasteiger partial charge on any atom is 0.261 e. The lowest BCUT2D eigenvalue weighted by atomic mass is 10.1. The molecular formula is C23H32O4Si. The Morgan fingerprint density at radius 1 is 1.00 bits per heavy atom. The summed E-state index contributed by atoms with van der Waals surface area (Å²) in [6.45, 7) is 8.74. The van der Waals surface area contributed by atoms with Crippen LogP contribution in [0.2, 0.25) is 5.04 Å². The van der Waals surface area contributed by atoms with Crippen LogP contribution in [0.3, 0.4) is 0 Å². The topological polar surface area (TPSA) is 47.9 Å². The molecule has 1 aliphatic rings. The van der Waals surface area contributed by atoms with E-state index in [1.54, 1.807) is 7.11 Å². The van der Waals surface area contributed by atoms with Crippen molar-refractivity contribution in [2.24, 2.45) is 0 Å². The second kappa shape index (κ2) is 8.47.